The molecule has 1 rings (SSSR count). The van der Waals surface area contributed by atoms with Crippen LogP contribution in [-0.4, -0.2) is 93.9 Å². The van der Waals surface area contributed by atoms with E-state index < -0.39 is 70.6 Å². The molecule has 1 aliphatic carbocycles. The van der Waals surface area contributed by atoms with Crippen molar-refractivity contribution in [3.05, 3.63) is 24.3 Å². The number of esters is 2. The van der Waals surface area contributed by atoms with Crippen LogP contribution in [0.5, 0.6) is 0 Å². The molecule has 0 aromatic heterocycles. The first kappa shape index (κ1) is 52.1. The van der Waals surface area contributed by atoms with Gasteiger partial charge in [-0.25, -0.2) is 4.57 Å². The summed E-state index contributed by atoms with van der Waals surface area (Å²) in [5, 5.41) is 39.0. The normalized spacial score (nSPS) is 20.2. The van der Waals surface area contributed by atoms with Crippen molar-refractivity contribution in [2.75, 3.05) is 26.4 Å². The molecular formula is C42H75O13P. The van der Waals surface area contributed by atoms with Crippen molar-refractivity contribution < 1.29 is 62.8 Å². The summed E-state index contributed by atoms with van der Waals surface area (Å²) in [6.45, 7) is 4.25. The minimum absolute atomic E-state index is 0.0178. The summed E-state index contributed by atoms with van der Waals surface area (Å²) in [6.07, 6.45) is 21.0. The maximum Gasteiger partial charge on any atom is 0.472 e. The third-order valence-electron chi connectivity index (χ3n) is 9.91. The molecule has 0 aliphatic heterocycles. The Kier molecular flexibility index (Phi) is 29.7. The van der Waals surface area contributed by atoms with E-state index in [2.05, 4.69) is 25.3 Å². The SMILES string of the molecule is CCCCC[C@H](O)/C=C/[C@H]1[C@H](O)CC(=O)[C@@H]1C/C=C\CCCC(=O)OC[C@H](COP(=O)(O)OC[C@@H](O)CO)OC(=O)CCCCCCCCCCCCC(C)C. The van der Waals surface area contributed by atoms with E-state index in [1.54, 1.807) is 12.2 Å². The van der Waals surface area contributed by atoms with E-state index in [1.165, 1.54) is 44.9 Å². The maximum atomic E-state index is 12.6. The molecule has 0 heterocycles. The van der Waals surface area contributed by atoms with Gasteiger partial charge in [-0.2, -0.15) is 0 Å². The van der Waals surface area contributed by atoms with Crippen molar-refractivity contribution in [2.45, 2.75) is 180 Å². The number of phosphoric ester groups is 1. The number of Topliss-reactive ketones (excluding diaryl/α,β-unsaturated/α-hetero) is 1. The molecule has 7 atom stereocenters. The fourth-order valence-electron chi connectivity index (χ4n) is 6.51. The Bertz CT molecular complexity index is 1160. The molecule has 56 heavy (non-hydrogen) atoms. The van der Waals surface area contributed by atoms with Crippen molar-refractivity contribution in [1.29, 1.82) is 0 Å². The second-order valence-corrected chi connectivity index (χ2v) is 17.1. The highest BCUT2D eigenvalue weighted by Gasteiger charge is 2.39. The molecule has 0 bridgehead atoms. The standard InChI is InChI=1S/C42H75O13P/c1-4-5-16-22-34(44)26-27-38-37(39(46)28-40(38)47)23-18-14-15-19-24-41(48)52-31-36(32-54-56(50,51)53-30-35(45)29-43)55-42(49)25-20-13-11-9-7-6-8-10-12-17-21-33(2)3/h14,18,26-27,33-38,40,43-45,47H,4-13,15-17,19-25,28-32H2,1-3H3,(H,50,51)/b18-14-,27-26+/t34-,35-,36+,37+,38+,40+/m0/s1. The second kappa shape index (κ2) is 32.0. The molecule has 1 saturated carbocycles. The monoisotopic (exact) mass is 818 g/mol. The minimum atomic E-state index is -4.68. The topological polar surface area (TPSA) is 206 Å². The number of carbonyl (C=O) groups is 3. The summed E-state index contributed by atoms with van der Waals surface area (Å²) in [5.41, 5.74) is 0. The lowest BCUT2D eigenvalue weighted by Crippen LogP contribution is -2.29. The van der Waals surface area contributed by atoms with E-state index in [0.29, 0.717) is 32.1 Å². The molecule has 0 saturated heterocycles. The lowest BCUT2D eigenvalue weighted by atomic mass is 9.90. The van der Waals surface area contributed by atoms with Crippen LogP contribution in [0.2, 0.25) is 0 Å². The number of aliphatic hydroxyl groups is 4. The molecule has 5 N–H and O–H groups in total. The fraction of sp³-hybridized carbons (Fsp3) is 0.833. The average Bonchev–Trinajstić information content (AvgIpc) is 3.43. The molecule has 326 valence electrons. The lowest BCUT2D eigenvalue weighted by Gasteiger charge is -2.20. The highest BCUT2D eigenvalue weighted by Crippen LogP contribution is 2.43. The van der Waals surface area contributed by atoms with E-state index in [4.69, 9.17) is 19.1 Å². The first-order valence-electron chi connectivity index (χ1n) is 21.3. The third-order valence-corrected chi connectivity index (χ3v) is 10.9. The van der Waals surface area contributed by atoms with Gasteiger partial charge in [0.25, 0.3) is 0 Å². The number of rotatable bonds is 35. The highest BCUT2D eigenvalue weighted by atomic mass is 31.2. The van der Waals surface area contributed by atoms with Gasteiger partial charge in [-0.3, -0.25) is 23.4 Å². The fourth-order valence-corrected chi connectivity index (χ4v) is 7.30. The van der Waals surface area contributed by atoms with Crippen molar-refractivity contribution in [3.8, 4) is 0 Å². The third kappa shape index (κ3) is 26.9. The summed E-state index contributed by atoms with van der Waals surface area (Å²) >= 11 is 0. The van der Waals surface area contributed by atoms with Gasteiger partial charge in [-0.05, 0) is 38.0 Å². The molecule has 0 amide bonds. The molecule has 13 nitrogen and oxygen atoms in total. The number of aliphatic hydroxyl groups excluding tert-OH is 4. The number of allylic oxidation sites excluding steroid dienone is 2. The van der Waals surface area contributed by atoms with Gasteiger partial charge in [-0.1, -0.05) is 129 Å². The molecule has 1 unspecified atom stereocenters. The lowest BCUT2D eigenvalue weighted by molar-refractivity contribution is -0.161. The molecule has 0 aromatic rings. The van der Waals surface area contributed by atoms with Crippen LogP contribution < -0.4 is 0 Å². The van der Waals surface area contributed by atoms with Gasteiger partial charge < -0.3 is 34.8 Å². The summed E-state index contributed by atoms with van der Waals surface area (Å²) in [6, 6.07) is 0. The van der Waals surface area contributed by atoms with E-state index in [0.717, 1.165) is 44.4 Å². The summed E-state index contributed by atoms with van der Waals surface area (Å²) in [7, 11) is -4.68. The molecule has 1 aliphatic rings. The van der Waals surface area contributed by atoms with Crippen LogP contribution >= 0.6 is 7.82 Å². The zero-order valence-corrected chi connectivity index (χ0v) is 35.4. The largest absolute Gasteiger partial charge is 0.472 e. The van der Waals surface area contributed by atoms with Gasteiger partial charge in [-0.15, -0.1) is 0 Å². The van der Waals surface area contributed by atoms with Gasteiger partial charge in [0, 0.05) is 31.1 Å². The number of unbranched alkanes of at least 4 members (excludes halogenated alkanes) is 12. The Morgan fingerprint density at radius 2 is 1.43 bits per heavy atom. The highest BCUT2D eigenvalue weighted by molar-refractivity contribution is 7.47. The second-order valence-electron chi connectivity index (χ2n) is 15.6. The predicted octanol–water partition coefficient (Wildman–Crippen LogP) is 7.45. The Hall–Kier alpha value is -1.96. The van der Waals surface area contributed by atoms with Crippen molar-refractivity contribution >= 4 is 25.5 Å². The molecular weight excluding hydrogens is 743 g/mol. The number of hydrogen-bond acceptors (Lipinski definition) is 12. The Morgan fingerprint density at radius 1 is 0.821 bits per heavy atom. The number of hydrogen-bond donors (Lipinski definition) is 5. The predicted molar refractivity (Wildman–Crippen MR) is 215 cm³/mol. The Balaban J connectivity index is 2.49. The molecule has 0 aromatic carbocycles. The summed E-state index contributed by atoms with van der Waals surface area (Å²) in [5.74, 6) is -1.11. The zero-order valence-electron chi connectivity index (χ0n) is 34.5. The first-order valence-corrected chi connectivity index (χ1v) is 22.7. The van der Waals surface area contributed by atoms with Gasteiger partial charge in [0.05, 0.1) is 32.0 Å². The van der Waals surface area contributed by atoms with Crippen molar-refractivity contribution in [2.24, 2.45) is 17.8 Å². The molecule has 0 spiro atoms. The molecule has 1 fully saturated rings. The van der Waals surface area contributed by atoms with Crippen LogP contribution in [-0.2, 0) is 37.5 Å². The van der Waals surface area contributed by atoms with Crippen LogP contribution in [0, 0.1) is 17.8 Å². The molecule has 0 radical (unpaired) electrons. The van der Waals surface area contributed by atoms with Gasteiger partial charge in [0.1, 0.15) is 18.5 Å². The van der Waals surface area contributed by atoms with E-state index in [9.17, 15) is 39.2 Å². The Morgan fingerprint density at radius 3 is 2.07 bits per heavy atom. The minimum Gasteiger partial charge on any atom is -0.462 e. The Labute approximate surface area is 336 Å². The zero-order chi connectivity index (χ0) is 41.6. The van der Waals surface area contributed by atoms with Crippen LogP contribution in [0.25, 0.3) is 0 Å². The smallest absolute Gasteiger partial charge is 0.462 e. The maximum absolute atomic E-state index is 12.6. The van der Waals surface area contributed by atoms with Crippen molar-refractivity contribution in [1.82, 2.24) is 0 Å². The van der Waals surface area contributed by atoms with Gasteiger partial charge in [0.2, 0.25) is 0 Å². The average molecular weight is 819 g/mol. The number of carbonyl (C=O) groups excluding carboxylic acids is 3. The van der Waals surface area contributed by atoms with Crippen molar-refractivity contribution in [3.63, 3.8) is 0 Å². The van der Waals surface area contributed by atoms with Crippen LogP contribution in [0.3, 0.4) is 0 Å². The van der Waals surface area contributed by atoms with Crippen LogP contribution in [0.4, 0.5) is 0 Å². The van der Waals surface area contributed by atoms with Gasteiger partial charge in [0.15, 0.2) is 6.10 Å². The van der Waals surface area contributed by atoms with E-state index in [1.807, 2.05) is 12.2 Å². The number of ether oxygens (including phenoxy) is 2. The van der Waals surface area contributed by atoms with E-state index >= 15 is 0 Å². The quantitative estimate of drug-likeness (QED) is 0.0183. The number of ketones is 1. The summed E-state index contributed by atoms with van der Waals surface area (Å²) in [4.78, 5) is 47.6. The summed E-state index contributed by atoms with van der Waals surface area (Å²) < 4.78 is 32.6. The van der Waals surface area contributed by atoms with Crippen LogP contribution in [0.1, 0.15) is 156 Å². The number of phosphoric acid groups is 1. The van der Waals surface area contributed by atoms with E-state index in [-0.39, 0.29) is 36.9 Å². The molecule has 14 heteroatoms. The first-order chi connectivity index (χ1) is 26.8. The van der Waals surface area contributed by atoms with Gasteiger partial charge >= 0.3 is 19.8 Å². The van der Waals surface area contributed by atoms with Crippen LogP contribution in [0.15, 0.2) is 24.3 Å².